The Hall–Kier alpha value is -0.810. The summed E-state index contributed by atoms with van der Waals surface area (Å²) in [5.41, 5.74) is 1.71. The largest absolute Gasteiger partial charge is 0.317 e. The van der Waals surface area contributed by atoms with Crippen LogP contribution in [0.15, 0.2) is 18.3 Å². The molecule has 21 heavy (non-hydrogen) atoms. The van der Waals surface area contributed by atoms with E-state index in [1.54, 1.807) is 17.4 Å². The quantitative estimate of drug-likeness (QED) is 0.581. The predicted octanol–water partition coefficient (Wildman–Crippen LogP) is 5.46. The first kappa shape index (κ1) is 15.1. The Morgan fingerprint density at radius 2 is 2.00 bits per heavy atom. The Balaban J connectivity index is 2.22. The smallest absolute Gasteiger partial charge is 0.125 e. The molecule has 2 aromatic heterocycles. The highest BCUT2D eigenvalue weighted by atomic mass is 35.5. The fraction of sp³-hybridized carbons (Fsp3) is 0.286. The van der Waals surface area contributed by atoms with Gasteiger partial charge < -0.3 is 4.57 Å². The number of nitrogens with zero attached hydrogens (tertiary/aromatic N) is 3. The van der Waals surface area contributed by atoms with Crippen molar-refractivity contribution in [2.75, 3.05) is 0 Å². The summed E-state index contributed by atoms with van der Waals surface area (Å²) in [7, 11) is 0. The molecule has 0 fully saturated rings. The van der Waals surface area contributed by atoms with Gasteiger partial charge in [-0.1, -0.05) is 23.2 Å². The van der Waals surface area contributed by atoms with Gasteiger partial charge in [0, 0.05) is 11.1 Å². The lowest BCUT2D eigenvalue weighted by Gasteiger charge is -2.14. The fourth-order valence-corrected chi connectivity index (χ4v) is 3.66. The van der Waals surface area contributed by atoms with Crippen molar-refractivity contribution in [3.05, 3.63) is 44.1 Å². The van der Waals surface area contributed by atoms with Gasteiger partial charge in [-0.05, 0) is 26.0 Å². The van der Waals surface area contributed by atoms with Crippen LogP contribution in [0, 0.1) is 6.92 Å². The fourth-order valence-electron chi connectivity index (χ4n) is 2.34. The predicted molar refractivity (Wildman–Crippen MR) is 90.0 cm³/mol. The second-order valence-electron chi connectivity index (χ2n) is 4.77. The number of fused-ring (bicyclic) bond motifs is 1. The molecule has 0 spiro atoms. The molecule has 2 heterocycles. The zero-order chi connectivity index (χ0) is 15.1. The summed E-state index contributed by atoms with van der Waals surface area (Å²) in [5, 5.41) is 2.02. The van der Waals surface area contributed by atoms with Crippen molar-refractivity contribution in [3.63, 3.8) is 0 Å². The molecular weight excluding hydrogens is 349 g/mol. The van der Waals surface area contributed by atoms with Crippen LogP contribution in [0.3, 0.4) is 0 Å². The van der Waals surface area contributed by atoms with Gasteiger partial charge in [0.05, 0.1) is 33.0 Å². The summed E-state index contributed by atoms with van der Waals surface area (Å²) >= 11 is 19.9. The minimum absolute atomic E-state index is 0.0414. The Labute approximate surface area is 141 Å². The van der Waals surface area contributed by atoms with E-state index in [4.69, 9.17) is 34.8 Å². The van der Waals surface area contributed by atoms with Crippen LogP contribution in [0.2, 0.25) is 10.0 Å². The monoisotopic (exact) mass is 359 g/mol. The number of aryl methyl sites for hydroxylation is 1. The SMILES string of the molecule is Cc1cnc(C(C)n2c(CCl)nc3cc(Cl)c(Cl)cc32)s1. The Morgan fingerprint density at radius 1 is 1.29 bits per heavy atom. The molecule has 3 aromatic rings. The van der Waals surface area contributed by atoms with E-state index in [2.05, 4.69) is 21.5 Å². The third kappa shape index (κ3) is 2.66. The third-order valence-corrected chi connectivity index (χ3v) is 5.35. The highest BCUT2D eigenvalue weighted by Crippen LogP contribution is 2.33. The number of benzene rings is 1. The van der Waals surface area contributed by atoms with Gasteiger partial charge in [-0.2, -0.15) is 0 Å². The van der Waals surface area contributed by atoms with Crippen molar-refractivity contribution in [2.24, 2.45) is 0 Å². The summed E-state index contributed by atoms with van der Waals surface area (Å²) in [6, 6.07) is 3.64. The van der Waals surface area contributed by atoms with Gasteiger partial charge in [0.25, 0.3) is 0 Å². The lowest BCUT2D eigenvalue weighted by atomic mass is 10.2. The van der Waals surface area contributed by atoms with Crippen LogP contribution in [-0.2, 0) is 5.88 Å². The van der Waals surface area contributed by atoms with Crippen LogP contribution in [-0.4, -0.2) is 14.5 Å². The zero-order valence-electron chi connectivity index (χ0n) is 11.4. The van der Waals surface area contributed by atoms with Crippen molar-refractivity contribution in [3.8, 4) is 0 Å². The van der Waals surface area contributed by atoms with Gasteiger partial charge in [0.1, 0.15) is 10.8 Å². The maximum absolute atomic E-state index is 6.15. The normalized spacial score (nSPS) is 13.0. The highest BCUT2D eigenvalue weighted by molar-refractivity contribution is 7.11. The minimum atomic E-state index is 0.0414. The zero-order valence-corrected chi connectivity index (χ0v) is 14.5. The molecule has 1 atom stereocenters. The van der Waals surface area contributed by atoms with Crippen molar-refractivity contribution in [2.45, 2.75) is 25.8 Å². The van der Waals surface area contributed by atoms with Gasteiger partial charge in [-0.3, -0.25) is 0 Å². The average molecular weight is 361 g/mol. The summed E-state index contributed by atoms with van der Waals surface area (Å²) in [5.74, 6) is 1.10. The number of hydrogen-bond donors (Lipinski definition) is 0. The third-order valence-electron chi connectivity index (χ3n) is 3.31. The molecule has 0 radical (unpaired) electrons. The lowest BCUT2D eigenvalue weighted by molar-refractivity contribution is 0.630. The second kappa shape index (κ2) is 5.76. The number of alkyl halides is 1. The van der Waals surface area contributed by atoms with Gasteiger partial charge in [0.2, 0.25) is 0 Å². The topological polar surface area (TPSA) is 30.7 Å². The highest BCUT2D eigenvalue weighted by Gasteiger charge is 2.20. The molecule has 3 nitrogen and oxygen atoms in total. The molecule has 0 saturated heterocycles. The van der Waals surface area contributed by atoms with Crippen molar-refractivity contribution < 1.29 is 0 Å². The number of thiazole rings is 1. The molecule has 0 aliphatic carbocycles. The van der Waals surface area contributed by atoms with E-state index in [9.17, 15) is 0 Å². The molecule has 1 unspecified atom stereocenters. The van der Waals surface area contributed by atoms with Crippen molar-refractivity contribution in [1.29, 1.82) is 0 Å². The Kier molecular flexibility index (Phi) is 4.14. The lowest BCUT2D eigenvalue weighted by Crippen LogP contribution is -2.09. The van der Waals surface area contributed by atoms with E-state index in [0.717, 1.165) is 21.9 Å². The molecule has 0 N–H and O–H groups in total. The molecule has 7 heteroatoms. The van der Waals surface area contributed by atoms with E-state index < -0.39 is 0 Å². The van der Waals surface area contributed by atoms with Gasteiger partial charge in [-0.25, -0.2) is 9.97 Å². The van der Waals surface area contributed by atoms with Crippen LogP contribution in [0.1, 0.15) is 28.7 Å². The minimum Gasteiger partial charge on any atom is -0.317 e. The Bertz CT molecular complexity index is 809. The summed E-state index contributed by atoms with van der Waals surface area (Å²) in [6.45, 7) is 4.12. The van der Waals surface area contributed by atoms with E-state index >= 15 is 0 Å². The van der Waals surface area contributed by atoms with Crippen molar-refractivity contribution >= 4 is 57.2 Å². The maximum atomic E-state index is 6.15. The van der Waals surface area contributed by atoms with E-state index in [0.29, 0.717) is 15.9 Å². The van der Waals surface area contributed by atoms with Crippen LogP contribution in [0.25, 0.3) is 11.0 Å². The molecule has 0 aliphatic rings. The Morgan fingerprint density at radius 3 is 2.62 bits per heavy atom. The van der Waals surface area contributed by atoms with Gasteiger partial charge in [0.15, 0.2) is 0 Å². The number of aromatic nitrogens is 3. The first-order valence-electron chi connectivity index (χ1n) is 6.35. The van der Waals surface area contributed by atoms with Crippen molar-refractivity contribution in [1.82, 2.24) is 14.5 Å². The first-order valence-corrected chi connectivity index (χ1v) is 8.46. The molecule has 1 aromatic carbocycles. The molecule has 0 amide bonds. The first-order chi connectivity index (χ1) is 10.0. The van der Waals surface area contributed by atoms with E-state index in [1.165, 1.54) is 4.88 Å². The molecule has 0 saturated carbocycles. The standard InChI is InChI=1S/C14H12Cl3N3S/c1-7-6-18-14(21-7)8(2)20-12-4-10(17)9(16)3-11(12)19-13(20)5-15/h3-4,6,8H,5H2,1-2H3. The number of halogens is 3. The van der Waals surface area contributed by atoms with Gasteiger partial charge >= 0.3 is 0 Å². The maximum Gasteiger partial charge on any atom is 0.125 e. The molecule has 110 valence electrons. The van der Waals surface area contributed by atoms with Crippen LogP contribution in [0.4, 0.5) is 0 Å². The summed E-state index contributed by atoms with van der Waals surface area (Å²) in [6.07, 6.45) is 1.87. The van der Waals surface area contributed by atoms with E-state index in [1.807, 2.05) is 19.2 Å². The molecular formula is C14H12Cl3N3S. The van der Waals surface area contributed by atoms with Crippen LogP contribution in [0.5, 0.6) is 0 Å². The molecule has 0 aliphatic heterocycles. The number of rotatable bonds is 3. The van der Waals surface area contributed by atoms with Gasteiger partial charge in [-0.15, -0.1) is 22.9 Å². The number of imidazole rings is 1. The molecule has 0 bridgehead atoms. The average Bonchev–Trinajstić information content (AvgIpc) is 3.02. The van der Waals surface area contributed by atoms with Crippen LogP contribution >= 0.6 is 46.1 Å². The van der Waals surface area contributed by atoms with Crippen LogP contribution < -0.4 is 0 Å². The summed E-state index contributed by atoms with van der Waals surface area (Å²) < 4.78 is 2.07. The summed E-state index contributed by atoms with van der Waals surface area (Å²) in [4.78, 5) is 10.2. The second-order valence-corrected chi connectivity index (χ2v) is 7.12. The molecule has 3 rings (SSSR count). The number of hydrogen-bond acceptors (Lipinski definition) is 3. The van der Waals surface area contributed by atoms with E-state index in [-0.39, 0.29) is 6.04 Å².